The van der Waals surface area contributed by atoms with Crippen LogP contribution in [-0.4, -0.2) is 23.0 Å². The molecule has 0 radical (unpaired) electrons. The molecule has 4 heteroatoms. The van der Waals surface area contributed by atoms with Crippen LogP contribution in [0.1, 0.15) is 43.7 Å². The number of rotatable bonds is 7. The zero-order valence-electron chi connectivity index (χ0n) is 16.3. The monoisotopic (exact) mass is 378 g/mol. The van der Waals surface area contributed by atoms with Crippen molar-refractivity contribution in [3.05, 3.63) is 83.1 Å². The van der Waals surface area contributed by atoms with E-state index < -0.39 is 23.6 Å². The number of hydrogen-bond donors (Lipinski definition) is 1. The Balaban J connectivity index is 1.90. The molecule has 1 unspecified atom stereocenters. The van der Waals surface area contributed by atoms with Gasteiger partial charge in [-0.05, 0) is 30.4 Å². The lowest BCUT2D eigenvalue weighted by atomic mass is 9.82. The average Bonchev–Trinajstić information content (AvgIpc) is 2.73. The van der Waals surface area contributed by atoms with Crippen LogP contribution >= 0.6 is 0 Å². The molecule has 0 aliphatic carbocycles. The summed E-state index contributed by atoms with van der Waals surface area (Å²) < 4.78 is 5.60. The van der Waals surface area contributed by atoms with E-state index in [0.29, 0.717) is 19.3 Å². The molecule has 28 heavy (non-hydrogen) atoms. The first kappa shape index (κ1) is 19.9. The molecule has 0 aromatic heterocycles. The van der Waals surface area contributed by atoms with Crippen LogP contribution in [0.2, 0.25) is 0 Å². The van der Waals surface area contributed by atoms with E-state index in [2.05, 4.69) is 0 Å². The molecule has 1 aliphatic heterocycles. The zero-order valence-corrected chi connectivity index (χ0v) is 16.3. The third-order valence-electron chi connectivity index (χ3n) is 5.45. The highest BCUT2D eigenvalue weighted by Gasteiger charge is 2.42. The summed E-state index contributed by atoms with van der Waals surface area (Å²) in [7, 11) is 0. The third-order valence-corrected chi connectivity index (χ3v) is 5.45. The van der Waals surface area contributed by atoms with Crippen LogP contribution in [0.3, 0.4) is 0 Å². The largest absolute Gasteiger partial charge is 0.504 e. The molecule has 3 rings (SSSR count). The van der Waals surface area contributed by atoms with E-state index in [1.165, 1.54) is 0 Å². The summed E-state index contributed by atoms with van der Waals surface area (Å²) in [5, 5.41) is 10.7. The van der Waals surface area contributed by atoms with Gasteiger partial charge in [0.15, 0.2) is 11.9 Å². The minimum Gasteiger partial charge on any atom is -0.504 e. The van der Waals surface area contributed by atoms with Gasteiger partial charge in [-0.2, -0.15) is 0 Å². The van der Waals surface area contributed by atoms with Crippen molar-refractivity contribution in [1.82, 2.24) is 0 Å². The Labute approximate surface area is 165 Å². The van der Waals surface area contributed by atoms with Crippen molar-refractivity contribution >= 4 is 11.8 Å². The fourth-order valence-corrected chi connectivity index (χ4v) is 3.89. The molecule has 0 saturated carbocycles. The number of ketones is 1. The summed E-state index contributed by atoms with van der Waals surface area (Å²) in [6.07, 6.45) is 0.906. The number of aliphatic hydroxyl groups is 1. The number of esters is 1. The summed E-state index contributed by atoms with van der Waals surface area (Å²) in [6, 6.07) is 19.2. The SMILES string of the molecule is CC[C@@H](Cc1ccccc1)C1OC(=O)C([C@@H](CC)c2ccccc2)=C(O)C1=O. The van der Waals surface area contributed by atoms with Crippen LogP contribution in [0.15, 0.2) is 72.0 Å². The quantitative estimate of drug-likeness (QED) is 0.706. The van der Waals surface area contributed by atoms with Gasteiger partial charge in [0.1, 0.15) is 0 Å². The maximum Gasteiger partial charge on any atom is 0.339 e. The van der Waals surface area contributed by atoms with Gasteiger partial charge < -0.3 is 9.84 Å². The van der Waals surface area contributed by atoms with Crippen LogP contribution in [0.4, 0.5) is 0 Å². The van der Waals surface area contributed by atoms with Crippen molar-refractivity contribution in [3.63, 3.8) is 0 Å². The fraction of sp³-hybridized carbons (Fsp3) is 0.333. The van der Waals surface area contributed by atoms with Crippen molar-refractivity contribution in [2.75, 3.05) is 0 Å². The van der Waals surface area contributed by atoms with Crippen LogP contribution in [0.25, 0.3) is 0 Å². The highest BCUT2D eigenvalue weighted by molar-refractivity contribution is 6.09. The Morgan fingerprint density at radius 3 is 2.11 bits per heavy atom. The number of carbonyl (C=O) groups excluding carboxylic acids is 2. The minimum atomic E-state index is -0.949. The van der Waals surface area contributed by atoms with Crippen LogP contribution in [0.5, 0.6) is 0 Å². The van der Waals surface area contributed by atoms with Gasteiger partial charge in [0.25, 0.3) is 0 Å². The van der Waals surface area contributed by atoms with Crippen molar-refractivity contribution in [1.29, 1.82) is 0 Å². The highest BCUT2D eigenvalue weighted by atomic mass is 16.6. The fourth-order valence-electron chi connectivity index (χ4n) is 3.89. The van der Waals surface area contributed by atoms with Gasteiger partial charge in [-0.25, -0.2) is 4.79 Å². The molecule has 146 valence electrons. The summed E-state index contributed by atoms with van der Waals surface area (Å²) in [4.78, 5) is 25.8. The van der Waals surface area contributed by atoms with Crippen molar-refractivity contribution in [2.24, 2.45) is 5.92 Å². The Kier molecular flexibility index (Phi) is 6.30. The lowest BCUT2D eigenvalue weighted by Crippen LogP contribution is -2.42. The predicted molar refractivity (Wildman–Crippen MR) is 108 cm³/mol. The second kappa shape index (κ2) is 8.87. The summed E-state index contributed by atoms with van der Waals surface area (Å²) in [5.41, 5.74) is 2.03. The van der Waals surface area contributed by atoms with Gasteiger partial charge in [-0.1, -0.05) is 74.5 Å². The maximum absolute atomic E-state index is 12.9. The molecular formula is C24H26O4. The first-order valence-corrected chi connectivity index (χ1v) is 9.83. The van der Waals surface area contributed by atoms with Crippen molar-refractivity contribution in [3.8, 4) is 0 Å². The molecular weight excluding hydrogens is 352 g/mol. The number of aliphatic hydroxyl groups excluding tert-OH is 1. The molecule has 1 heterocycles. The summed E-state index contributed by atoms with van der Waals surface area (Å²) >= 11 is 0. The van der Waals surface area contributed by atoms with E-state index >= 15 is 0 Å². The number of ether oxygens (including phenoxy) is 1. The minimum absolute atomic E-state index is 0.0736. The van der Waals surface area contributed by atoms with Crippen LogP contribution in [-0.2, 0) is 20.7 Å². The molecule has 0 spiro atoms. The van der Waals surface area contributed by atoms with Crippen molar-refractivity contribution < 1.29 is 19.4 Å². The molecule has 0 fully saturated rings. The number of cyclic esters (lactones) is 1. The standard InChI is InChI=1S/C24H26O4/c1-3-17(15-16-11-7-5-8-12-16)23-22(26)21(25)20(24(27)28-23)19(4-2)18-13-9-6-10-14-18/h5-14,17,19,23,25H,3-4,15H2,1-2H3/t17-,19-,23?/m0/s1. The van der Waals surface area contributed by atoms with Crippen molar-refractivity contribution in [2.45, 2.75) is 45.1 Å². The lowest BCUT2D eigenvalue weighted by Gasteiger charge is -2.31. The lowest BCUT2D eigenvalue weighted by molar-refractivity contribution is -0.158. The molecule has 1 N–H and O–H groups in total. The van der Waals surface area contributed by atoms with E-state index in [-0.39, 0.29) is 17.4 Å². The van der Waals surface area contributed by atoms with Gasteiger partial charge in [0.2, 0.25) is 5.78 Å². The summed E-state index contributed by atoms with van der Waals surface area (Å²) in [5.74, 6) is -2.08. The Morgan fingerprint density at radius 2 is 1.54 bits per heavy atom. The molecule has 0 amide bonds. The molecule has 1 aliphatic rings. The number of benzene rings is 2. The van der Waals surface area contributed by atoms with Crippen LogP contribution in [0, 0.1) is 5.92 Å². The Bertz CT molecular complexity index is 855. The van der Waals surface area contributed by atoms with E-state index in [0.717, 1.165) is 11.1 Å². The topological polar surface area (TPSA) is 63.6 Å². The number of carbonyl (C=O) groups is 2. The molecule has 0 saturated heterocycles. The first-order valence-electron chi connectivity index (χ1n) is 9.83. The van der Waals surface area contributed by atoms with Gasteiger partial charge in [-0.15, -0.1) is 0 Å². The van der Waals surface area contributed by atoms with E-state index in [9.17, 15) is 14.7 Å². The average molecular weight is 378 g/mol. The smallest absolute Gasteiger partial charge is 0.339 e. The molecule has 2 aromatic rings. The maximum atomic E-state index is 12.9. The van der Waals surface area contributed by atoms with E-state index in [1.807, 2.05) is 74.5 Å². The van der Waals surface area contributed by atoms with Crippen LogP contribution < -0.4 is 0 Å². The second-order valence-corrected chi connectivity index (χ2v) is 7.18. The number of hydrogen-bond acceptors (Lipinski definition) is 4. The Hall–Kier alpha value is -2.88. The van der Waals surface area contributed by atoms with E-state index in [1.54, 1.807) is 0 Å². The van der Waals surface area contributed by atoms with E-state index in [4.69, 9.17) is 4.74 Å². The highest BCUT2D eigenvalue weighted by Crippen LogP contribution is 2.35. The normalized spacial score (nSPS) is 19.3. The first-order chi connectivity index (χ1) is 13.6. The molecule has 3 atom stereocenters. The second-order valence-electron chi connectivity index (χ2n) is 7.18. The zero-order chi connectivity index (χ0) is 20.1. The molecule has 2 aromatic carbocycles. The third kappa shape index (κ3) is 4.01. The predicted octanol–water partition coefficient (Wildman–Crippen LogP) is 4.76. The van der Waals surface area contributed by atoms with Gasteiger partial charge >= 0.3 is 5.97 Å². The summed E-state index contributed by atoms with van der Waals surface area (Å²) in [6.45, 7) is 3.88. The van der Waals surface area contributed by atoms with Gasteiger partial charge in [-0.3, -0.25) is 4.79 Å². The van der Waals surface area contributed by atoms with Gasteiger partial charge in [0.05, 0.1) is 5.57 Å². The van der Waals surface area contributed by atoms with Gasteiger partial charge in [0, 0.05) is 11.8 Å². The number of Topliss-reactive ketones (excluding diaryl/α,β-unsaturated/α-hetero) is 1. The Morgan fingerprint density at radius 1 is 0.929 bits per heavy atom. The molecule has 4 nitrogen and oxygen atoms in total. The molecule has 0 bridgehead atoms.